The minimum atomic E-state index is -1.03. The van der Waals surface area contributed by atoms with E-state index in [0.717, 1.165) is 30.7 Å². The van der Waals surface area contributed by atoms with Gasteiger partial charge in [0.25, 0.3) is 0 Å². The van der Waals surface area contributed by atoms with Crippen molar-refractivity contribution in [3.63, 3.8) is 0 Å². The van der Waals surface area contributed by atoms with E-state index in [9.17, 15) is 19.8 Å². The lowest BCUT2D eigenvalue weighted by Gasteiger charge is -2.37. The first-order valence-corrected chi connectivity index (χ1v) is 10.5. The third kappa shape index (κ3) is 4.44. The van der Waals surface area contributed by atoms with Crippen molar-refractivity contribution in [1.82, 2.24) is 14.4 Å². The van der Waals surface area contributed by atoms with Gasteiger partial charge in [0, 0.05) is 67.5 Å². The Bertz CT molecular complexity index is 1140. The fraction of sp³-hybridized carbons (Fsp3) is 0.304. The molecule has 2 heterocycles. The standard InChI is InChI=1S/C23H24ClN3O4/c1-25-14-19(18-12-16(22(28)29)5-6-20(18)25)21(23(30)31)27-9-7-26(8-10-27)13-15-3-2-4-17(24)11-15/h2-6,11-12,14,21H,7-10,13H2,1H3,(H,28,29)(H,30,31)/t21-/m1/s1. The molecule has 1 aliphatic rings. The van der Waals surface area contributed by atoms with Crippen molar-refractivity contribution in [2.24, 2.45) is 7.05 Å². The van der Waals surface area contributed by atoms with Gasteiger partial charge in [-0.2, -0.15) is 0 Å². The van der Waals surface area contributed by atoms with Crippen molar-refractivity contribution < 1.29 is 19.8 Å². The Morgan fingerprint density at radius 1 is 1.06 bits per heavy atom. The molecule has 0 saturated carbocycles. The first-order valence-electron chi connectivity index (χ1n) is 10.1. The summed E-state index contributed by atoms with van der Waals surface area (Å²) in [6.45, 7) is 3.45. The Kier molecular flexibility index (Phi) is 6.00. The zero-order chi connectivity index (χ0) is 22.1. The molecule has 1 saturated heterocycles. The van der Waals surface area contributed by atoms with Gasteiger partial charge < -0.3 is 14.8 Å². The van der Waals surface area contributed by atoms with E-state index >= 15 is 0 Å². The molecule has 0 amide bonds. The van der Waals surface area contributed by atoms with Gasteiger partial charge in [-0.05, 0) is 35.9 Å². The van der Waals surface area contributed by atoms with Crippen molar-refractivity contribution in [2.75, 3.05) is 26.2 Å². The molecule has 2 N–H and O–H groups in total. The summed E-state index contributed by atoms with van der Waals surface area (Å²) in [5.74, 6) is -1.96. The number of carbonyl (C=O) groups is 2. The normalized spacial score (nSPS) is 16.5. The average Bonchev–Trinajstić information content (AvgIpc) is 3.05. The molecule has 0 bridgehead atoms. The first kappa shape index (κ1) is 21.4. The molecule has 3 aromatic rings. The van der Waals surface area contributed by atoms with E-state index in [1.165, 1.54) is 0 Å². The second-order valence-electron chi connectivity index (χ2n) is 7.92. The maximum atomic E-state index is 12.3. The Labute approximate surface area is 185 Å². The summed E-state index contributed by atoms with van der Waals surface area (Å²) >= 11 is 6.08. The number of hydrogen-bond acceptors (Lipinski definition) is 4. The molecule has 2 aromatic carbocycles. The van der Waals surface area contributed by atoms with E-state index in [2.05, 4.69) is 4.90 Å². The van der Waals surface area contributed by atoms with Crippen LogP contribution in [0.15, 0.2) is 48.7 Å². The molecule has 1 fully saturated rings. The number of nitrogens with zero attached hydrogens (tertiary/aromatic N) is 3. The van der Waals surface area contributed by atoms with E-state index in [1.54, 1.807) is 24.4 Å². The molecule has 7 nitrogen and oxygen atoms in total. The number of rotatable bonds is 6. The van der Waals surface area contributed by atoms with E-state index < -0.39 is 18.0 Å². The quantitative estimate of drug-likeness (QED) is 0.609. The highest BCUT2D eigenvalue weighted by atomic mass is 35.5. The predicted octanol–water partition coefficient (Wildman–Crippen LogP) is 3.47. The zero-order valence-corrected chi connectivity index (χ0v) is 17.9. The highest BCUT2D eigenvalue weighted by Crippen LogP contribution is 2.32. The van der Waals surface area contributed by atoms with E-state index in [0.29, 0.717) is 29.1 Å². The van der Waals surface area contributed by atoms with Gasteiger partial charge in [0.05, 0.1) is 5.56 Å². The van der Waals surface area contributed by atoms with Crippen LogP contribution in [0.4, 0.5) is 0 Å². The number of fused-ring (bicyclic) bond motifs is 1. The average molecular weight is 442 g/mol. The number of hydrogen-bond donors (Lipinski definition) is 2. The Morgan fingerprint density at radius 3 is 2.45 bits per heavy atom. The van der Waals surface area contributed by atoms with Gasteiger partial charge in [0.1, 0.15) is 6.04 Å². The first-order chi connectivity index (χ1) is 14.8. The number of piperazine rings is 1. The summed E-state index contributed by atoms with van der Waals surface area (Å²) in [7, 11) is 1.84. The van der Waals surface area contributed by atoms with Crippen LogP contribution in [-0.2, 0) is 18.4 Å². The van der Waals surface area contributed by atoms with E-state index in [1.807, 2.05) is 40.8 Å². The zero-order valence-electron chi connectivity index (χ0n) is 17.2. The molecule has 31 heavy (non-hydrogen) atoms. The Morgan fingerprint density at radius 2 is 1.81 bits per heavy atom. The largest absolute Gasteiger partial charge is 0.480 e. The number of carboxylic acids is 2. The second kappa shape index (κ2) is 8.70. The number of aromatic nitrogens is 1. The van der Waals surface area contributed by atoms with E-state index in [-0.39, 0.29) is 5.56 Å². The molecule has 0 spiro atoms. The fourth-order valence-corrected chi connectivity index (χ4v) is 4.55. The number of aromatic carboxylic acids is 1. The van der Waals surface area contributed by atoms with Crippen LogP contribution in [0, 0.1) is 0 Å². The van der Waals surface area contributed by atoms with Crippen molar-refractivity contribution in [3.8, 4) is 0 Å². The fourth-order valence-electron chi connectivity index (χ4n) is 4.33. The summed E-state index contributed by atoms with van der Waals surface area (Å²) in [6.07, 6.45) is 1.80. The molecule has 0 aliphatic carbocycles. The van der Waals surface area contributed by atoms with E-state index in [4.69, 9.17) is 11.6 Å². The predicted molar refractivity (Wildman–Crippen MR) is 119 cm³/mol. The summed E-state index contributed by atoms with van der Waals surface area (Å²) < 4.78 is 1.85. The molecule has 0 unspecified atom stereocenters. The minimum Gasteiger partial charge on any atom is -0.480 e. The van der Waals surface area contributed by atoms with Gasteiger partial charge in [-0.3, -0.25) is 14.6 Å². The lowest BCUT2D eigenvalue weighted by Crippen LogP contribution is -2.48. The Balaban J connectivity index is 1.56. The smallest absolute Gasteiger partial charge is 0.335 e. The molecular weight excluding hydrogens is 418 g/mol. The molecule has 4 rings (SSSR count). The Hall–Kier alpha value is -2.87. The van der Waals surface area contributed by atoms with Gasteiger partial charge in [-0.25, -0.2) is 4.79 Å². The van der Waals surface area contributed by atoms with Crippen molar-refractivity contribution in [3.05, 3.63) is 70.4 Å². The minimum absolute atomic E-state index is 0.149. The van der Waals surface area contributed by atoms with Crippen molar-refractivity contribution in [1.29, 1.82) is 0 Å². The molecule has 1 atom stereocenters. The molecule has 162 valence electrons. The third-order valence-corrected chi connectivity index (χ3v) is 6.10. The number of benzene rings is 2. The maximum Gasteiger partial charge on any atom is 0.335 e. The van der Waals surface area contributed by atoms with Crippen LogP contribution in [0.25, 0.3) is 10.9 Å². The summed E-state index contributed by atoms with van der Waals surface area (Å²) in [5, 5.41) is 20.8. The lowest BCUT2D eigenvalue weighted by molar-refractivity contribution is -0.144. The number of aliphatic carboxylic acids is 1. The van der Waals surface area contributed by atoms with Crippen LogP contribution in [0.3, 0.4) is 0 Å². The highest BCUT2D eigenvalue weighted by molar-refractivity contribution is 6.30. The maximum absolute atomic E-state index is 12.3. The van der Waals surface area contributed by atoms with Crippen LogP contribution in [0.5, 0.6) is 0 Å². The van der Waals surface area contributed by atoms with Crippen LogP contribution in [-0.4, -0.2) is 62.7 Å². The van der Waals surface area contributed by atoms with Crippen molar-refractivity contribution >= 4 is 34.4 Å². The van der Waals surface area contributed by atoms with Gasteiger partial charge in [-0.15, -0.1) is 0 Å². The second-order valence-corrected chi connectivity index (χ2v) is 8.35. The number of halogens is 1. The third-order valence-electron chi connectivity index (χ3n) is 5.86. The molecule has 1 aromatic heterocycles. The van der Waals surface area contributed by atoms with Crippen LogP contribution in [0.1, 0.15) is 27.5 Å². The topological polar surface area (TPSA) is 86.0 Å². The number of aryl methyl sites for hydroxylation is 1. The lowest BCUT2D eigenvalue weighted by atomic mass is 10.0. The highest BCUT2D eigenvalue weighted by Gasteiger charge is 2.32. The van der Waals surface area contributed by atoms with Gasteiger partial charge in [0.2, 0.25) is 0 Å². The van der Waals surface area contributed by atoms with Crippen molar-refractivity contribution in [2.45, 2.75) is 12.6 Å². The van der Waals surface area contributed by atoms with Gasteiger partial charge in [0.15, 0.2) is 0 Å². The summed E-state index contributed by atoms with van der Waals surface area (Å²) in [6, 6.07) is 11.8. The molecule has 8 heteroatoms. The van der Waals surface area contributed by atoms with Crippen LogP contribution >= 0.6 is 11.6 Å². The van der Waals surface area contributed by atoms with Gasteiger partial charge >= 0.3 is 11.9 Å². The molecular formula is C23H24ClN3O4. The number of carboxylic acid groups (broad SMARTS) is 2. The SMILES string of the molecule is Cn1cc([C@H](C(=O)O)N2CCN(Cc3cccc(Cl)c3)CC2)c2cc(C(=O)O)ccc21. The van der Waals surface area contributed by atoms with Gasteiger partial charge in [-0.1, -0.05) is 23.7 Å². The summed E-state index contributed by atoms with van der Waals surface area (Å²) in [4.78, 5) is 28.0. The summed E-state index contributed by atoms with van der Waals surface area (Å²) in [5.41, 5.74) is 2.71. The monoisotopic (exact) mass is 441 g/mol. The van der Waals surface area contributed by atoms with Crippen LogP contribution < -0.4 is 0 Å². The van der Waals surface area contributed by atoms with Crippen LogP contribution in [0.2, 0.25) is 5.02 Å². The molecule has 1 aliphatic heterocycles. The molecule has 0 radical (unpaired) electrons.